The van der Waals surface area contributed by atoms with Gasteiger partial charge in [0.25, 0.3) is 5.91 Å². The normalized spacial score (nSPS) is 12.8. The van der Waals surface area contributed by atoms with Crippen LogP contribution >= 0.6 is 0 Å². The van der Waals surface area contributed by atoms with E-state index in [-0.39, 0.29) is 23.1 Å². The van der Waals surface area contributed by atoms with Crippen LogP contribution in [0.5, 0.6) is 0 Å². The zero-order chi connectivity index (χ0) is 24.1. The van der Waals surface area contributed by atoms with Gasteiger partial charge in [0.1, 0.15) is 5.82 Å². The summed E-state index contributed by atoms with van der Waals surface area (Å²) in [7, 11) is 0. The quantitative estimate of drug-likeness (QED) is 0.328. The van der Waals surface area contributed by atoms with Gasteiger partial charge in [0, 0.05) is 24.5 Å². The Morgan fingerprint density at radius 1 is 1.18 bits per heavy atom. The topological polar surface area (TPSA) is 160 Å². The molecule has 12 heteroatoms. The number of primary amides is 1. The number of aromatic nitrogens is 4. The second-order valence-electron chi connectivity index (χ2n) is 7.74. The lowest BCUT2D eigenvalue weighted by Crippen LogP contribution is -2.47. The molecular weight excluding hydrogens is 431 g/mol. The van der Waals surface area contributed by atoms with Crippen molar-refractivity contribution in [1.29, 1.82) is 0 Å². The molecule has 3 aromatic heterocycles. The largest absolute Gasteiger partial charge is 0.465 e. The lowest BCUT2D eigenvalue weighted by atomic mass is 9.97. The fraction of sp³-hybridized carbons (Fsp3) is 0.286. The number of pyridine rings is 2. The molecule has 0 bridgehead atoms. The van der Waals surface area contributed by atoms with E-state index in [9.17, 15) is 14.0 Å². The molecule has 0 radical (unpaired) electrons. The standard InChI is InChI=1S/C21H25FN8O3/c1-11(2)17(12(3)26-21(32)33)28-20-16(22)8-15(18(23)31)19(29-20)27-13-7-14(10-24-9-13)30-6-4-5-25-30/h4-12,17,26H,1-3H3,(H2,23,31)(H,32,33)(H2,27,28,29)/t12-,17+/m0/s1. The van der Waals surface area contributed by atoms with Crippen molar-refractivity contribution >= 4 is 29.3 Å². The Morgan fingerprint density at radius 3 is 2.55 bits per heavy atom. The smallest absolute Gasteiger partial charge is 0.404 e. The van der Waals surface area contributed by atoms with Gasteiger partial charge in [-0.05, 0) is 31.0 Å². The van der Waals surface area contributed by atoms with E-state index in [2.05, 4.69) is 31.0 Å². The highest BCUT2D eigenvalue weighted by atomic mass is 19.1. The summed E-state index contributed by atoms with van der Waals surface area (Å²) in [5.74, 6) is -1.88. The van der Waals surface area contributed by atoms with Gasteiger partial charge in [-0.25, -0.2) is 18.9 Å². The molecule has 0 unspecified atom stereocenters. The summed E-state index contributed by atoms with van der Waals surface area (Å²) < 4.78 is 16.4. The van der Waals surface area contributed by atoms with Crippen molar-refractivity contribution in [3.8, 4) is 5.69 Å². The summed E-state index contributed by atoms with van der Waals surface area (Å²) in [5.41, 5.74) is 6.41. The Labute approximate surface area is 189 Å². The summed E-state index contributed by atoms with van der Waals surface area (Å²) >= 11 is 0. The van der Waals surface area contributed by atoms with Crippen molar-refractivity contribution < 1.29 is 19.1 Å². The summed E-state index contributed by atoms with van der Waals surface area (Å²) in [6, 6.07) is 3.43. The van der Waals surface area contributed by atoms with E-state index in [1.165, 1.54) is 6.20 Å². The molecule has 0 aliphatic carbocycles. The van der Waals surface area contributed by atoms with Crippen molar-refractivity contribution in [3.05, 3.63) is 54.4 Å². The number of nitrogens with one attached hydrogen (secondary N) is 3. The van der Waals surface area contributed by atoms with E-state index in [1.54, 1.807) is 42.3 Å². The fourth-order valence-electron chi connectivity index (χ4n) is 3.36. The zero-order valence-electron chi connectivity index (χ0n) is 18.3. The second-order valence-corrected chi connectivity index (χ2v) is 7.74. The first kappa shape index (κ1) is 23.4. The molecule has 0 saturated heterocycles. The summed E-state index contributed by atoms with van der Waals surface area (Å²) in [6.45, 7) is 5.38. The molecule has 33 heavy (non-hydrogen) atoms. The van der Waals surface area contributed by atoms with Gasteiger partial charge < -0.3 is 26.8 Å². The lowest BCUT2D eigenvalue weighted by Gasteiger charge is -2.29. The number of carboxylic acid groups (broad SMARTS) is 1. The Morgan fingerprint density at radius 2 is 1.94 bits per heavy atom. The molecule has 2 amide bonds. The van der Waals surface area contributed by atoms with Crippen molar-refractivity contribution in [2.75, 3.05) is 10.6 Å². The lowest BCUT2D eigenvalue weighted by molar-refractivity contribution is 0.1000. The van der Waals surface area contributed by atoms with Gasteiger partial charge in [0.05, 0.1) is 29.3 Å². The zero-order valence-corrected chi connectivity index (χ0v) is 18.3. The number of anilines is 3. The third kappa shape index (κ3) is 5.73. The molecule has 3 rings (SSSR count). The molecule has 6 N–H and O–H groups in total. The van der Waals surface area contributed by atoms with Crippen LogP contribution in [0.3, 0.4) is 0 Å². The number of amides is 2. The molecule has 174 valence electrons. The molecule has 11 nitrogen and oxygen atoms in total. The van der Waals surface area contributed by atoms with E-state index in [0.29, 0.717) is 11.4 Å². The number of nitrogens with zero attached hydrogens (tertiary/aromatic N) is 4. The van der Waals surface area contributed by atoms with Gasteiger partial charge in [-0.1, -0.05) is 13.8 Å². The summed E-state index contributed by atoms with van der Waals surface area (Å²) in [5, 5.41) is 21.4. The summed E-state index contributed by atoms with van der Waals surface area (Å²) in [4.78, 5) is 31.4. The fourth-order valence-corrected chi connectivity index (χ4v) is 3.36. The molecule has 3 aromatic rings. The van der Waals surface area contributed by atoms with Crippen molar-refractivity contribution in [2.45, 2.75) is 32.9 Å². The Bertz CT molecular complexity index is 1140. The van der Waals surface area contributed by atoms with Crippen LogP contribution in [0.4, 0.5) is 26.5 Å². The van der Waals surface area contributed by atoms with E-state index >= 15 is 0 Å². The molecule has 3 heterocycles. The molecule has 0 saturated carbocycles. The van der Waals surface area contributed by atoms with Crippen molar-refractivity contribution in [1.82, 2.24) is 25.1 Å². The van der Waals surface area contributed by atoms with Crippen LogP contribution in [0.1, 0.15) is 31.1 Å². The van der Waals surface area contributed by atoms with Gasteiger partial charge in [0.15, 0.2) is 11.6 Å². The first-order valence-electron chi connectivity index (χ1n) is 10.1. The number of hydrogen-bond donors (Lipinski definition) is 5. The highest BCUT2D eigenvalue weighted by Crippen LogP contribution is 2.26. The number of nitrogens with two attached hydrogens (primary N) is 1. The van der Waals surface area contributed by atoms with E-state index in [0.717, 1.165) is 6.07 Å². The average Bonchev–Trinajstić information content (AvgIpc) is 3.28. The second kappa shape index (κ2) is 9.94. The van der Waals surface area contributed by atoms with Crippen LogP contribution < -0.4 is 21.7 Å². The minimum Gasteiger partial charge on any atom is -0.465 e. The van der Waals surface area contributed by atoms with E-state index < -0.39 is 29.9 Å². The molecule has 0 aliphatic rings. The minimum absolute atomic E-state index is 0.0205. The van der Waals surface area contributed by atoms with Crippen molar-refractivity contribution in [3.63, 3.8) is 0 Å². The molecule has 0 fully saturated rings. The van der Waals surface area contributed by atoms with Crippen LogP contribution in [-0.2, 0) is 0 Å². The van der Waals surface area contributed by atoms with Gasteiger partial charge in [0.2, 0.25) is 0 Å². The Hall–Kier alpha value is -4.22. The third-order valence-corrected chi connectivity index (χ3v) is 4.91. The number of carbonyl (C=O) groups excluding carboxylic acids is 1. The van der Waals surface area contributed by atoms with E-state index in [1.807, 2.05) is 13.8 Å². The number of carbonyl (C=O) groups is 2. The number of halogens is 1. The monoisotopic (exact) mass is 456 g/mol. The maximum Gasteiger partial charge on any atom is 0.404 e. The van der Waals surface area contributed by atoms with Gasteiger partial charge in [-0.2, -0.15) is 5.10 Å². The molecule has 2 atom stereocenters. The van der Waals surface area contributed by atoms with Crippen LogP contribution in [0.2, 0.25) is 0 Å². The number of rotatable bonds is 9. The molecular formula is C21H25FN8O3. The first-order chi connectivity index (χ1) is 15.7. The highest BCUT2D eigenvalue weighted by molar-refractivity contribution is 5.98. The van der Waals surface area contributed by atoms with Gasteiger partial charge in [-0.15, -0.1) is 0 Å². The summed E-state index contributed by atoms with van der Waals surface area (Å²) in [6.07, 6.45) is 5.27. The third-order valence-electron chi connectivity index (χ3n) is 4.91. The Balaban J connectivity index is 1.95. The maximum atomic E-state index is 14.8. The van der Waals surface area contributed by atoms with Gasteiger partial charge >= 0.3 is 6.09 Å². The predicted octanol–water partition coefficient (Wildman–Crippen LogP) is 2.74. The molecule has 0 aliphatic heterocycles. The molecule has 0 aromatic carbocycles. The SMILES string of the molecule is CC(C)[C@@H](Nc1nc(Nc2cncc(-n3cccn3)c2)c(C(N)=O)cc1F)[C@H](C)NC(=O)O. The average molecular weight is 456 g/mol. The van der Waals surface area contributed by atoms with Crippen LogP contribution in [0.25, 0.3) is 5.69 Å². The van der Waals surface area contributed by atoms with Crippen LogP contribution in [-0.4, -0.2) is 48.9 Å². The van der Waals surface area contributed by atoms with Gasteiger partial charge in [-0.3, -0.25) is 9.78 Å². The molecule has 0 spiro atoms. The Kier molecular flexibility index (Phi) is 7.06. The van der Waals surface area contributed by atoms with E-state index in [4.69, 9.17) is 10.8 Å². The maximum absolute atomic E-state index is 14.8. The first-order valence-corrected chi connectivity index (χ1v) is 10.1. The predicted molar refractivity (Wildman–Crippen MR) is 120 cm³/mol. The minimum atomic E-state index is -1.20. The van der Waals surface area contributed by atoms with Crippen LogP contribution in [0, 0.1) is 11.7 Å². The van der Waals surface area contributed by atoms with Crippen LogP contribution in [0.15, 0.2) is 43.0 Å². The number of hydrogen-bond acceptors (Lipinski definition) is 7. The van der Waals surface area contributed by atoms with Crippen molar-refractivity contribution in [2.24, 2.45) is 11.7 Å². The highest BCUT2D eigenvalue weighted by Gasteiger charge is 2.25.